The van der Waals surface area contributed by atoms with Crippen molar-refractivity contribution in [1.82, 2.24) is 5.32 Å². The quantitative estimate of drug-likeness (QED) is 0.774. The molecule has 20 heavy (non-hydrogen) atoms. The van der Waals surface area contributed by atoms with Crippen LogP contribution in [0.25, 0.3) is 0 Å². The second kappa shape index (κ2) is 6.73. The molecule has 1 amide bonds. The Labute approximate surface area is 118 Å². The largest absolute Gasteiger partial charge is 0.508 e. The number of nitrogens with one attached hydrogen (secondary N) is 1. The molecular weight excluding hydrogens is 252 g/mol. The highest BCUT2D eigenvalue weighted by molar-refractivity contribution is 5.79. The molecule has 0 saturated carbocycles. The summed E-state index contributed by atoms with van der Waals surface area (Å²) in [6.45, 7) is 0.735. The van der Waals surface area contributed by atoms with E-state index in [9.17, 15) is 9.90 Å². The Morgan fingerprint density at radius 2 is 1.60 bits per heavy atom. The van der Waals surface area contributed by atoms with E-state index < -0.39 is 0 Å². The molecule has 0 unspecified atom stereocenters. The molecule has 0 aliphatic heterocycles. The molecular formula is C16H18N2O2. The first kappa shape index (κ1) is 14.1. The van der Waals surface area contributed by atoms with E-state index in [4.69, 9.17) is 5.73 Å². The number of benzene rings is 2. The van der Waals surface area contributed by atoms with Crippen molar-refractivity contribution in [2.24, 2.45) is 5.73 Å². The normalized spacial score (nSPS) is 10.2. The molecule has 2 aromatic carbocycles. The molecule has 0 atom stereocenters. The number of rotatable bonds is 5. The summed E-state index contributed by atoms with van der Waals surface area (Å²) in [6, 6.07) is 14.6. The van der Waals surface area contributed by atoms with Gasteiger partial charge in [0, 0.05) is 18.7 Å². The fourth-order valence-electron chi connectivity index (χ4n) is 2.02. The van der Waals surface area contributed by atoms with Crippen LogP contribution in [0.3, 0.4) is 0 Å². The standard InChI is InChI=1S/C16H18N2O2/c17-10-13-6-2-1-5-12(13)9-16(20)18-11-14-7-3-4-8-15(14)19/h1-8,19H,9-11,17H2,(H,18,20). The predicted octanol–water partition coefficient (Wildman–Crippen LogP) is 1.71. The van der Waals surface area contributed by atoms with Crippen LogP contribution in [-0.4, -0.2) is 11.0 Å². The van der Waals surface area contributed by atoms with Gasteiger partial charge in [-0.3, -0.25) is 4.79 Å². The Kier molecular flexibility index (Phi) is 4.74. The summed E-state index contributed by atoms with van der Waals surface area (Å²) in [6.07, 6.45) is 0.293. The van der Waals surface area contributed by atoms with Crippen LogP contribution < -0.4 is 11.1 Å². The van der Waals surface area contributed by atoms with Crippen molar-refractivity contribution in [3.63, 3.8) is 0 Å². The zero-order valence-corrected chi connectivity index (χ0v) is 11.2. The van der Waals surface area contributed by atoms with Crippen molar-refractivity contribution in [3.05, 3.63) is 65.2 Å². The van der Waals surface area contributed by atoms with Crippen LogP contribution in [0.1, 0.15) is 16.7 Å². The lowest BCUT2D eigenvalue weighted by Crippen LogP contribution is -2.25. The Morgan fingerprint density at radius 1 is 1.00 bits per heavy atom. The average molecular weight is 270 g/mol. The van der Waals surface area contributed by atoms with Gasteiger partial charge < -0.3 is 16.2 Å². The first-order chi connectivity index (χ1) is 9.70. The third kappa shape index (κ3) is 3.59. The number of para-hydroxylation sites is 1. The number of amides is 1. The van der Waals surface area contributed by atoms with E-state index in [2.05, 4.69) is 5.32 Å². The van der Waals surface area contributed by atoms with Crippen LogP contribution >= 0.6 is 0 Å². The van der Waals surface area contributed by atoms with Crippen molar-refractivity contribution in [2.45, 2.75) is 19.5 Å². The molecule has 4 nitrogen and oxygen atoms in total. The van der Waals surface area contributed by atoms with Gasteiger partial charge in [-0.25, -0.2) is 0 Å². The van der Waals surface area contributed by atoms with Crippen LogP contribution in [-0.2, 0) is 24.3 Å². The summed E-state index contributed by atoms with van der Waals surface area (Å²) < 4.78 is 0. The number of nitrogens with two attached hydrogens (primary N) is 1. The fourth-order valence-corrected chi connectivity index (χ4v) is 2.02. The van der Waals surface area contributed by atoms with Crippen LogP contribution in [0.4, 0.5) is 0 Å². The van der Waals surface area contributed by atoms with Gasteiger partial charge in [-0.1, -0.05) is 42.5 Å². The highest BCUT2D eigenvalue weighted by Crippen LogP contribution is 2.15. The number of hydrogen-bond acceptors (Lipinski definition) is 3. The van der Waals surface area contributed by atoms with Crippen LogP contribution in [0.15, 0.2) is 48.5 Å². The smallest absolute Gasteiger partial charge is 0.224 e. The number of phenols is 1. The molecule has 0 bridgehead atoms. The lowest BCUT2D eigenvalue weighted by atomic mass is 10.0. The Bertz CT molecular complexity index is 597. The van der Waals surface area contributed by atoms with Gasteiger partial charge in [0.1, 0.15) is 5.75 Å². The van der Waals surface area contributed by atoms with Crippen molar-refractivity contribution >= 4 is 5.91 Å². The minimum Gasteiger partial charge on any atom is -0.508 e. The van der Waals surface area contributed by atoms with Crippen molar-refractivity contribution in [2.75, 3.05) is 0 Å². The first-order valence-corrected chi connectivity index (χ1v) is 6.51. The van der Waals surface area contributed by atoms with E-state index in [0.717, 1.165) is 11.1 Å². The van der Waals surface area contributed by atoms with E-state index >= 15 is 0 Å². The van der Waals surface area contributed by atoms with E-state index in [1.54, 1.807) is 18.2 Å². The number of aromatic hydroxyl groups is 1. The minimum absolute atomic E-state index is 0.0887. The van der Waals surface area contributed by atoms with Gasteiger partial charge in [-0.15, -0.1) is 0 Å². The fraction of sp³-hybridized carbons (Fsp3) is 0.188. The summed E-state index contributed by atoms with van der Waals surface area (Å²) in [7, 11) is 0. The summed E-state index contributed by atoms with van der Waals surface area (Å²) in [4.78, 5) is 11.9. The summed E-state index contributed by atoms with van der Waals surface area (Å²) >= 11 is 0. The number of phenolic OH excluding ortho intramolecular Hbond substituents is 1. The number of hydrogen-bond donors (Lipinski definition) is 3. The van der Waals surface area contributed by atoms with Gasteiger partial charge in [-0.05, 0) is 17.2 Å². The molecule has 0 aliphatic carbocycles. The van der Waals surface area contributed by atoms with Crippen LogP contribution in [0, 0.1) is 0 Å². The molecule has 0 saturated heterocycles. The maximum atomic E-state index is 11.9. The molecule has 0 aromatic heterocycles. The van der Waals surface area contributed by atoms with Crippen molar-refractivity contribution < 1.29 is 9.90 Å². The second-order valence-electron chi connectivity index (χ2n) is 4.56. The molecule has 4 N–H and O–H groups in total. The third-order valence-corrected chi connectivity index (χ3v) is 3.16. The Balaban J connectivity index is 1.95. The van der Waals surface area contributed by atoms with Crippen molar-refractivity contribution in [1.29, 1.82) is 0 Å². The molecule has 0 radical (unpaired) electrons. The molecule has 104 valence electrons. The highest BCUT2D eigenvalue weighted by atomic mass is 16.3. The van der Waals surface area contributed by atoms with Gasteiger partial charge in [0.05, 0.1) is 6.42 Å². The summed E-state index contributed by atoms with van der Waals surface area (Å²) in [5.74, 6) is 0.101. The van der Waals surface area contributed by atoms with E-state index in [1.165, 1.54) is 0 Å². The van der Waals surface area contributed by atoms with Gasteiger partial charge in [0.25, 0.3) is 0 Å². The number of carbonyl (C=O) groups is 1. The molecule has 0 heterocycles. The van der Waals surface area contributed by atoms with Gasteiger partial charge in [0.15, 0.2) is 0 Å². The van der Waals surface area contributed by atoms with Crippen LogP contribution in [0.2, 0.25) is 0 Å². The molecule has 2 aromatic rings. The first-order valence-electron chi connectivity index (χ1n) is 6.51. The Hall–Kier alpha value is -2.33. The maximum absolute atomic E-state index is 11.9. The third-order valence-electron chi connectivity index (χ3n) is 3.16. The zero-order chi connectivity index (χ0) is 14.4. The van der Waals surface area contributed by atoms with E-state index in [1.807, 2.05) is 30.3 Å². The van der Waals surface area contributed by atoms with Gasteiger partial charge in [-0.2, -0.15) is 0 Å². The number of carbonyl (C=O) groups excluding carboxylic acids is 1. The molecule has 0 spiro atoms. The lowest BCUT2D eigenvalue weighted by molar-refractivity contribution is -0.120. The minimum atomic E-state index is -0.0887. The van der Waals surface area contributed by atoms with Crippen molar-refractivity contribution in [3.8, 4) is 5.75 Å². The SMILES string of the molecule is NCc1ccccc1CC(=O)NCc1ccccc1O. The van der Waals surface area contributed by atoms with Crippen LogP contribution in [0.5, 0.6) is 5.75 Å². The monoisotopic (exact) mass is 270 g/mol. The zero-order valence-electron chi connectivity index (χ0n) is 11.2. The molecule has 0 aliphatic rings. The second-order valence-corrected chi connectivity index (χ2v) is 4.56. The van der Waals surface area contributed by atoms with Gasteiger partial charge in [0.2, 0.25) is 5.91 Å². The highest BCUT2D eigenvalue weighted by Gasteiger charge is 2.07. The molecule has 4 heteroatoms. The van der Waals surface area contributed by atoms with E-state index in [0.29, 0.717) is 25.1 Å². The lowest BCUT2D eigenvalue weighted by Gasteiger charge is -2.09. The average Bonchev–Trinajstić information content (AvgIpc) is 2.47. The maximum Gasteiger partial charge on any atom is 0.224 e. The van der Waals surface area contributed by atoms with Gasteiger partial charge >= 0.3 is 0 Å². The Morgan fingerprint density at radius 3 is 2.25 bits per heavy atom. The molecule has 0 fully saturated rings. The topological polar surface area (TPSA) is 75.4 Å². The predicted molar refractivity (Wildman–Crippen MR) is 78.0 cm³/mol. The summed E-state index contributed by atoms with van der Waals surface area (Å²) in [5.41, 5.74) is 8.26. The molecule has 2 rings (SSSR count). The van der Waals surface area contributed by atoms with E-state index in [-0.39, 0.29) is 11.7 Å². The summed E-state index contributed by atoms with van der Waals surface area (Å²) in [5, 5.41) is 12.4.